The summed E-state index contributed by atoms with van der Waals surface area (Å²) in [6.07, 6.45) is 7.14. The molecule has 18 heavy (non-hydrogen) atoms. The molecule has 1 saturated carbocycles. The standard InChI is InChI=1S/C14H24N4/c1-11(2)10-18(12-6-4-5-7-12)13-8-9-16-14(15-3)17-13/h8-9,11-12H,4-7,10H2,1-3H3,(H,15,16,17). The van der Waals surface area contributed by atoms with Crippen molar-refractivity contribution in [3.05, 3.63) is 12.3 Å². The molecule has 1 aromatic rings. The quantitative estimate of drug-likeness (QED) is 0.870. The molecule has 1 aliphatic carbocycles. The molecule has 1 fully saturated rings. The normalized spacial score (nSPS) is 16.2. The van der Waals surface area contributed by atoms with Gasteiger partial charge in [0.2, 0.25) is 5.95 Å². The van der Waals surface area contributed by atoms with E-state index in [2.05, 4.69) is 34.0 Å². The first-order chi connectivity index (χ1) is 8.70. The van der Waals surface area contributed by atoms with Crippen molar-refractivity contribution in [1.29, 1.82) is 0 Å². The van der Waals surface area contributed by atoms with Crippen LogP contribution in [0.1, 0.15) is 39.5 Å². The molecular formula is C14H24N4. The molecule has 0 aromatic carbocycles. The zero-order chi connectivity index (χ0) is 13.0. The van der Waals surface area contributed by atoms with Crippen LogP contribution < -0.4 is 10.2 Å². The summed E-state index contributed by atoms with van der Waals surface area (Å²) in [4.78, 5) is 11.3. The third-order valence-corrected chi connectivity index (χ3v) is 3.49. The minimum atomic E-state index is 0.651. The molecule has 1 heterocycles. The summed E-state index contributed by atoms with van der Waals surface area (Å²) < 4.78 is 0. The van der Waals surface area contributed by atoms with E-state index >= 15 is 0 Å². The van der Waals surface area contributed by atoms with Crippen LogP contribution >= 0.6 is 0 Å². The van der Waals surface area contributed by atoms with Crippen molar-refractivity contribution in [2.24, 2.45) is 5.92 Å². The number of rotatable bonds is 5. The Balaban J connectivity index is 2.20. The summed E-state index contributed by atoms with van der Waals surface area (Å²) in [5.41, 5.74) is 0. The number of hydrogen-bond donors (Lipinski definition) is 1. The molecule has 0 spiro atoms. The Bertz CT molecular complexity index is 372. The fraction of sp³-hybridized carbons (Fsp3) is 0.714. The summed E-state index contributed by atoms with van der Waals surface area (Å²) in [7, 11) is 1.86. The van der Waals surface area contributed by atoms with Crippen LogP contribution in [0.4, 0.5) is 11.8 Å². The third-order valence-electron chi connectivity index (χ3n) is 3.49. The number of anilines is 2. The molecule has 0 bridgehead atoms. The van der Waals surface area contributed by atoms with E-state index in [1.54, 1.807) is 0 Å². The van der Waals surface area contributed by atoms with Gasteiger partial charge in [0.25, 0.3) is 0 Å². The topological polar surface area (TPSA) is 41.1 Å². The highest BCUT2D eigenvalue weighted by molar-refractivity contribution is 5.43. The van der Waals surface area contributed by atoms with E-state index in [9.17, 15) is 0 Å². The van der Waals surface area contributed by atoms with Crippen LogP contribution in [0.5, 0.6) is 0 Å². The molecule has 0 amide bonds. The van der Waals surface area contributed by atoms with Gasteiger partial charge in [-0.2, -0.15) is 4.98 Å². The van der Waals surface area contributed by atoms with E-state index in [0.717, 1.165) is 12.4 Å². The molecule has 1 N–H and O–H groups in total. The molecule has 1 aromatic heterocycles. The molecule has 0 radical (unpaired) electrons. The molecule has 1 aliphatic rings. The van der Waals surface area contributed by atoms with Crippen molar-refractivity contribution in [2.45, 2.75) is 45.6 Å². The molecule has 4 heteroatoms. The summed E-state index contributed by atoms with van der Waals surface area (Å²) >= 11 is 0. The highest BCUT2D eigenvalue weighted by Crippen LogP contribution is 2.28. The van der Waals surface area contributed by atoms with Gasteiger partial charge in [-0.15, -0.1) is 0 Å². The van der Waals surface area contributed by atoms with Crippen LogP contribution in [0.25, 0.3) is 0 Å². The Labute approximate surface area is 110 Å². The van der Waals surface area contributed by atoms with Crippen molar-refractivity contribution < 1.29 is 0 Å². The van der Waals surface area contributed by atoms with E-state index in [0.29, 0.717) is 17.9 Å². The second-order valence-corrected chi connectivity index (χ2v) is 5.47. The minimum Gasteiger partial charge on any atom is -0.357 e. The highest BCUT2D eigenvalue weighted by atomic mass is 15.2. The second-order valence-electron chi connectivity index (χ2n) is 5.47. The van der Waals surface area contributed by atoms with Crippen LogP contribution in [0.2, 0.25) is 0 Å². The summed E-state index contributed by atoms with van der Waals surface area (Å²) in [5, 5.41) is 3.02. The SMILES string of the molecule is CNc1nccc(N(CC(C)C)C2CCCC2)n1. The van der Waals surface area contributed by atoms with E-state index in [1.165, 1.54) is 25.7 Å². The van der Waals surface area contributed by atoms with Gasteiger partial charge in [-0.1, -0.05) is 26.7 Å². The smallest absolute Gasteiger partial charge is 0.224 e. The fourth-order valence-corrected chi connectivity index (χ4v) is 2.67. The van der Waals surface area contributed by atoms with Gasteiger partial charge in [0.15, 0.2) is 0 Å². The predicted octanol–water partition coefficient (Wildman–Crippen LogP) is 2.92. The molecule has 0 atom stereocenters. The molecule has 4 nitrogen and oxygen atoms in total. The lowest BCUT2D eigenvalue weighted by atomic mass is 10.1. The van der Waals surface area contributed by atoms with Gasteiger partial charge < -0.3 is 10.2 Å². The van der Waals surface area contributed by atoms with Crippen LogP contribution in [-0.4, -0.2) is 29.6 Å². The van der Waals surface area contributed by atoms with Crippen molar-refractivity contribution in [2.75, 3.05) is 23.8 Å². The molecule has 100 valence electrons. The predicted molar refractivity (Wildman–Crippen MR) is 76.0 cm³/mol. The Kier molecular flexibility index (Phi) is 4.39. The Hall–Kier alpha value is -1.32. The molecule has 0 unspecified atom stereocenters. The molecule has 0 saturated heterocycles. The van der Waals surface area contributed by atoms with Gasteiger partial charge in [0, 0.05) is 25.8 Å². The van der Waals surface area contributed by atoms with Gasteiger partial charge in [0.05, 0.1) is 0 Å². The zero-order valence-electron chi connectivity index (χ0n) is 11.7. The number of aromatic nitrogens is 2. The fourth-order valence-electron chi connectivity index (χ4n) is 2.67. The van der Waals surface area contributed by atoms with E-state index in [1.807, 2.05) is 19.3 Å². The molecular weight excluding hydrogens is 224 g/mol. The minimum absolute atomic E-state index is 0.651. The van der Waals surface area contributed by atoms with Crippen LogP contribution in [0.15, 0.2) is 12.3 Å². The maximum absolute atomic E-state index is 4.59. The van der Waals surface area contributed by atoms with Crippen molar-refractivity contribution >= 4 is 11.8 Å². The lowest BCUT2D eigenvalue weighted by molar-refractivity contribution is 0.531. The first-order valence-electron chi connectivity index (χ1n) is 6.98. The van der Waals surface area contributed by atoms with E-state index in [-0.39, 0.29) is 0 Å². The second kappa shape index (κ2) is 6.03. The van der Waals surface area contributed by atoms with Crippen LogP contribution in [0, 0.1) is 5.92 Å². The maximum Gasteiger partial charge on any atom is 0.224 e. The zero-order valence-corrected chi connectivity index (χ0v) is 11.7. The number of nitrogens with one attached hydrogen (secondary N) is 1. The largest absolute Gasteiger partial charge is 0.357 e. The Morgan fingerprint density at radius 2 is 2.11 bits per heavy atom. The van der Waals surface area contributed by atoms with Gasteiger partial charge in [-0.25, -0.2) is 4.98 Å². The van der Waals surface area contributed by atoms with E-state index in [4.69, 9.17) is 0 Å². The summed E-state index contributed by atoms with van der Waals surface area (Å²) in [6.45, 7) is 5.61. The maximum atomic E-state index is 4.59. The van der Waals surface area contributed by atoms with E-state index < -0.39 is 0 Å². The average Bonchev–Trinajstić information content (AvgIpc) is 2.89. The van der Waals surface area contributed by atoms with Gasteiger partial charge in [-0.05, 0) is 24.8 Å². The first-order valence-corrected chi connectivity index (χ1v) is 6.98. The monoisotopic (exact) mass is 248 g/mol. The van der Waals surface area contributed by atoms with Gasteiger partial charge in [0.1, 0.15) is 5.82 Å². The highest BCUT2D eigenvalue weighted by Gasteiger charge is 2.24. The number of nitrogens with zero attached hydrogens (tertiary/aromatic N) is 3. The Morgan fingerprint density at radius 1 is 1.39 bits per heavy atom. The summed E-state index contributed by atoms with van der Waals surface area (Å²) in [5.74, 6) is 2.42. The van der Waals surface area contributed by atoms with Crippen molar-refractivity contribution in [3.63, 3.8) is 0 Å². The molecule has 0 aliphatic heterocycles. The first kappa shape index (κ1) is 13.1. The molecule has 2 rings (SSSR count). The van der Waals surface area contributed by atoms with Gasteiger partial charge in [-0.3, -0.25) is 0 Å². The third kappa shape index (κ3) is 3.12. The van der Waals surface area contributed by atoms with Crippen molar-refractivity contribution in [3.8, 4) is 0 Å². The summed E-state index contributed by atoms with van der Waals surface area (Å²) in [6, 6.07) is 2.69. The lowest BCUT2D eigenvalue weighted by Gasteiger charge is -2.31. The number of hydrogen-bond acceptors (Lipinski definition) is 4. The van der Waals surface area contributed by atoms with Crippen molar-refractivity contribution in [1.82, 2.24) is 9.97 Å². The lowest BCUT2D eigenvalue weighted by Crippen LogP contribution is -2.37. The van der Waals surface area contributed by atoms with Gasteiger partial charge >= 0.3 is 0 Å². The Morgan fingerprint density at radius 3 is 2.72 bits per heavy atom. The van der Waals surface area contributed by atoms with Crippen LogP contribution in [-0.2, 0) is 0 Å². The van der Waals surface area contributed by atoms with Crippen LogP contribution in [0.3, 0.4) is 0 Å². The average molecular weight is 248 g/mol.